The molecule has 0 bridgehead atoms. The van der Waals surface area contributed by atoms with Crippen LogP contribution in [-0.4, -0.2) is 81.8 Å². The van der Waals surface area contributed by atoms with Gasteiger partial charge in [0, 0.05) is 60.7 Å². The summed E-state index contributed by atoms with van der Waals surface area (Å²) in [5.74, 6) is -0.399. The molecule has 0 aliphatic carbocycles. The van der Waals surface area contributed by atoms with Gasteiger partial charge in [-0.25, -0.2) is 0 Å². The first-order chi connectivity index (χ1) is 17.0. The molecule has 2 fully saturated rings. The first-order valence-corrected chi connectivity index (χ1v) is 13.9. The zero-order valence-corrected chi connectivity index (χ0v) is 24.4. The van der Waals surface area contributed by atoms with Gasteiger partial charge in [-0.1, -0.05) is 6.42 Å². The summed E-state index contributed by atoms with van der Waals surface area (Å²) in [6.07, 6.45) is 7.11. The van der Waals surface area contributed by atoms with E-state index in [2.05, 4.69) is 65.2 Å². The molecule has 0 spiro atoms. The molecule has 37 heavy (non-hydrogen) atoms. The Labute approximate surface area is 223 Å². The molecule has 0 aromatic heterocycles. The number of carbonyl (C=O) groups excluding carboxylic acids is 4. The number of likely N-dealkylation sites (tertiary alicyclic amines) is 2. The van der Waals surface area contributed by atoms with E-state index in [9.17, 15) is 19.2 Å². The molecule has 0 N–H and O–H groups in total. The van der Waals surface area contributed by atoms with E-state index in [4.69, 9.17) is 9.47 Å². The van der Waals surface area contributed by atoms with Crippen molar-refractivity contribution in [2.45, 2.75) is 148 Å². The Bertz CT molecular complexity index is 717. The monoisotopic (exact) mass is 522 g/mol. The average Bonchev–Trinajstić information content (AvgIpc) is 2.72. The molecular formula is C29H50N2O6. The molecule has 0 unspecified atom stereocenters. The summed E-state index contributed by atoms with van der Waals surface area (Å²) in [5, 5.41) is 0. The second-order valence-electron chi connectivity index (χ2n) is 13.4. The molecule has 0 atom stereocenters. The molecule has 2 saturated heterocycles. The smallest absolute Gasteiger partial charge is 0.306 e. The maximum Gasteiger partial charge on any atom is 0.306 e. The zero-order valence-electron chi connectivity index (χ0n) is 24.4. The fraction of sp³-hybridized carbons (Fsp3) is 0.862. The number of unbranched alkanes of at least 4 members (excludes halogenated alkanes) is 2. The topological polar surface area (TPSA) is 93.2 Å². The lowest BCUT2D eigenvalue weighted by Crippen LogP contribution is -2.62. The van der Waals surface area contributed by atoms with E-state index in [-0.39, 0.29) is 46.3 Å². The minimum atomic E-state index is -0.233. The van der Waals surface area contributed by atoms with E-state index in [0.717, 1.165) is 19.0 Å². The van der Waals surface area contributed by atoms with Gasteiger partial charge in [0.15, 0.2) is 0 Å². The number of rotatable bonds is 12. The van der Waals surface area contributed by atoms with Crippen LogP contribution in [0.3, 0.4) is 0 Å². The van der Waals surface area contributed by atoms with Crippen molar-refractivity contribution in [3.05, 3.63) is 0 Å². The van der Waals surface area contributed by atoms with Crippen LogP contribution in [0.5, 0.6) is 0 Å². The van der Waals surface area contributed by atoms with E-state index in [1.54, 1.807) is 0 Å². The third-order valence-corrected chi connectivity index (χ3v) is 8.20. The number of nitrogens with zero attached hydrogens (tertiary/aromatic N) is 2. The molecule has 2 aliphatic rings. The molecule has 0 aromatic carbocycles. The standard InChI is InChI=1S/C29H50N2O6/c1-26(2)18-22(19-27(3,4)30(26)14-16-32)36-24(34)12-10-9-11-13-25(35)37-23-20-28(5,6)31(15-17-33)29(7,8)21-23/h16-17,22-23H,9-15,18-21H2,1-8H3. The Hall–Kier alpha value is -1.80. The van der Waals surface area contributed by atoms with Crippen molar-refractivity contribution in [1.82, 2.24) is 9.80 Å². The molecular weight excluding hydrogens is 472 g/mol. The molecule has 0 amide bonds. The predicted octanol–water partition coefficient (Wildman–Crippen LogP) is 4.46. The van der Waals surface area contributed by atoms with Crippen molar-refractivity contribution >= 4 is 24.5 Å². The van der Waals surface area contributed by atoms with Crippen LogP contribution in [0.2, 0.25) is 0 Å². The summed E-state index contributed by atoms with van der Waals surface area (Å²) < 4.78 is 11.6. The van der Waals surface area contributed by atoms with E-state index in [1.165, 1.54) is 0 Å². The Morgan fingerprint density at radius 1 is 0.622 bits per heavy atom. The van der Waals surface area contributed by atoms with E-state index in [1.807, 2.05) is 0 Å². The first-order valence-electron chi connectivity index (χ1n) is 13.9. The Balaban J connectivity index is 1.71. The molecule has 212 valence electrons. The van der Waals surface area contributed by atoms with Crippen molar-refractivity contribution in [2.24, 2.45) is 0 Å². The number of ether oxygens (including phenoxy) is 2. The molecule has 2 rings (SSSR count). The van der Waals surface area contributed by atoms with Gasteiger partial charge >= 0.3 is 11.9 Å². The van der Waals surface area contributed by atoms with Gasteiger partial charge in [0.2, 0.25) is 0 Å². The molecule has 2 aliphatic heterocycles. The summed E-state index contributed by atoms with van der Waals surface area (Å²) in [7, 11) is 0. The van der Waals surface area contributed by atoms with Gasteiger partial charge in [-0.15, -0.1) is 0 Å². The lowest BCUT2D eigenvalue weighted by molar-refractivity contribution is -0.161. The first kappa shape index (κ1) is 31.4. The van der Waals surface area contributed by atoms with Crippen molar-refractivity contribution in [2.75, 3.05) is 13.1 Å². The fourth-order valence-corrected chi connectivity index (χ4v) is 6.96. The van der Waals surface area contributed by atoms with Crippen molar-refractivity contribution < 1.29 is 28.7 Å². The van der Waals surface area contributed by atoms with Gasteiger partial charge in [0.25, 0.3) is 0 Å². The predicted molar refractivity (Wildman–Crippen MR) is 143 cm³/mol. The third-order valence-electron chi connectivity index (χ3n) is 8.20. The van der Waals surface area contributed by atoms with Crippen molar-refractivity contribution in [3.63, 3.8) is 0 Å². The van der Waals surface area contributed by atoms with Crippen LogP contribution < -0.4 is 0 Å². The molecule has 0 radical (unpaired) electrons. The largest absolute Gasteiger partial charge is 0.462 e. The highest BCUT2D eigenvalue weighted by atomic mass is 16.5. The summed E-state index contributed by atoms with van der Waals surface area (Å²) in [6, 6.07) is 0. The average molecular weight is 523 g/mol. The van der Waals surface area contributed by atoms with Crippen LogP contribution in [0.25, 0.3) is 0 Å². The lowest BCUT2D eigenvalue weighted by Gasteiger charge is -2.54. The van der Waals surface area contributed by atoms with Crippen LogP contribution in [0, 0.1) is 0 Å². The normalized spacial score (nSPS) is 23.8. The number of aldehydes is 2. The minimum Gasteiger partial charge on any atom is -0.462 e. The zero-order chi connectivity index (χ0) is 28.1. The van der Waals surface area contributed by atoms with Crippen LogP contribution in [0.1, 0.15) is 113 Å². The van der Waals surface area contributed by atoms with Crippen molar-refractivity contribution in [1.29, 1.82) is 0 Å². The van der Waals surface area contributed by atoms with Crippen molar-refractivity contribution in [3.8, 4) is 0 Å². The van der Waals surface area contributed by atoms with Gasteiger partial charge in [0.1, 0.15) is 24.8 Å². The van der Waals surface area contributed by atoms with Crippen LogP contribution in [-0.2, 0) is 28.7 Å². The SMILES string of the molecule is CC1(C)CC(OC(=O)CCCCCC(=O)OC2CC(C)(C)N(CC=O)C(C)(C)C2)CC(C)(C)N1CC=O. The highest BCUT2D eigenvalue weighted by Crippen LogP contribution is 2.40. The molecule has 8 nitrogen and oxygen atoms in total. The van der Waals surface area contributed by atoms with E-state index in [0.29, 0.717) is 64.5 Å². The van der Waals surface area contributed by atoms with E-state index < -0.39 is 0 Å². The lowest BCUT2D eigenvalue weighted by atomic mass is 9.78. The number of carbonyl (C=O) groups is 4. The summed E-state index contributed by atoms with van der Waals surface area (Å²) >= 11 is 0. The number of hydrogen-bond donors (Lipinski definition) is 0. The number of esters is 2. The second kappa shape index (κ2) is 12.4. The van der Waals surface area contributed by atoms with Gasteiger partial charge in [0.05, 0.1) is 13.1 Å². The maximum atomic E-state index is 12.5. The van der Waals surface area contributed by atoms with Gasteiger partial charge in [-0.05, 0) is 68.2 Å². The maximum absolute atomic E-state index is 12.5. The minimum absolute atomic E-state index is 0.165. The van der Waals surface area contributed by atoms with Crippen LogP contribution in [0.15, 0.2) is 0 Å². The van der Waals surface area contributed by atoms with Crippen LogP contribution in [0.4, 0.5) is 0 Å². The number of piperidine rings is 2. The second-order valence-corrected chi connectivity index (χ2v) is 13.4. The molecule has 0 saturated carbocycles. The van der Waals surface area contributed by atoms with Crippen LogP contribution >= 0.6 is 0 Å². The Kier molecular flexibility index (Phi) is 10.5. The number of hydrogen-bond acceptors (Lipinski definition) is 8. The molecule has 0 aromatic rings. The highest BCUT2D eigenvalue weighted by Gasteiger charge is 2.47. The summed E-state index contributed by atoms with van der Waals surface area (Å²) in [6.45, 7) is 17.5. The third kappa shape index (κ3) is 8.60. The molecule has 8 heteroatoms. The van der Waals surface area contributed by atoms with Gasteiger partial charge in [-0.2, -0.15) is 0 Å². The molecule has 2 heterocycles. The van der Waals surface area contributed by atoms with Gasteiger partial charge in [-0.3, -0.25) is 19.4 Å². The quantitative estimate of drug-likeness (QED) is 0.211. The Morgan fingerprint density at radius 2 is 0.919 bits per heavy atom. The fourth-order valence-electron chi connectivity index (χ4n) is 6.96. The highest BCUT2D eigenvalue weighted by molar-refractivity contribution is 5.70. The van der Waals surface area contributed by atoms with E-state index >= 15 is 0 Å². The summed E-state index contributed by atoms with van der Waals surface area (Å²) in [5.41, 5.74) is -0.931. The Morgan fingerprint density at radius 3 is 1.19 bits per heavy atom. The van der Waals surface area contributed by atoms with Gasteiger partial charge < -0.3 is 19.1 Å². The summed E-state index contributed by atoms with van der Waals surface area (Å²) in [4.78, 5) is 51.6.